The van der Waals surface area contributed by atoms with Crippen LogP contribution in [0.5, 0.6) is 0 Å². The van der Waals surface area contributed by atoms with Crippen LogP contribution in [0.2, 0.25) is 0 Å². The van der Waals surface area contributed by atoms with Gasteiger partial charge in [0.25, 0.3) is 0 Å². The average molecular weight is 210 g/mol. The van der Waals surface area contributed by atoms with E-state index in [2.05, 4.69) is 5.32 Å². The van der Waals surface area contributed by atoms with E-state index in [1.54, 1.807) is 11.0 Å². The van der Waals surface area contributed by atoms with Gasteiger partial charge in [0, 0.05) is 31.3 Å². The summed E-state index contributed by atoms with van der Waals surface area (Å²) in [6.07, 6.45) is 2.90. The van der Waals surface area contributed by atoms with Gasteiger partial charge >= 0.3 is 0 Å². The molecule has 0 atom stereocenters. The molecule has 0 heterocycles. The van der Waals surface area contributed by atoms with E-state index >= 15 is 0 Å². The van der Waals surface area contributed by atoms with E-state index in [-0.39, 0.29) is 11.7 Å². The van der Waals surface area contributed by atoms with E-state index in [0.29, 0.717) is 13.0 Å². The lowest BCUT2D eigenvalue weighted by Gasteiger charge is -2.19. The highest BCUT2D eigenvalue weighted by atomic mass is 16.2. The van der Waals surface area contributed by atoms with Gasteiger partial charge in [0.05, 0.1) is 6.54 Å². The van der Waals surface area contributed by atoms with Gasteiger partial charge in [-0.1, -0.05) is 0 Å². The molecule has 0 fully saturated rings. The molecule has 0 aromatic carbocycles. The molecular formula is C11H18N2O2. The second-order valence-electron chi connectivity index (χ2n) is 3.56. The van der Waals surface area contributed by atoms with Crippen molar-refractivity contribution in [2.45, 2.75) is 26.7 Å². The Morgan fingerprint density at radius 2 is 2.07 bits per heavy atom. The van der Waals surface area contributed by atoms with Crippen molar-refractivity contribution in [2.24, 2.45) is 0 Å². The van der Waals surface area contributed by atoms with Crippen LogP contribution < -0.4 is 5.32 Å². The molecule has 0 aromatic rings. The molecule has 4 heteroatoms. The Hall–Kier alpha value is -1.32. The summed E-state index contributed by atoms with van der Waals surface area (Å²) in [5.41, 5.74) is 0.889. The largest absolute Gasteiger partial charge is 0.379 e. The molecule has 15 heavy (non-hydrogen) atoms. The molecule has 1 aliphatic rings. The van der Waals surface area contributed by atoms with E-state index < -0.39 is 0 Å². The van der Waals surface area contributed by atoms with Gasteiger partial charge in [-0.3, -0.25) is 9.59 Å². The maximum Gasteiger partial charge on any atom is 0.241 e. The van der Waals surface area contributed by atoms with Crippen LogP contribution in [0.3, 0.4) is 0 Å². The van der Waals surface area contributed by atoms with Gasteiger partial charge in [-0.05, 0) is 20.3 Å². The molecule has 0 bridgehead atoms. The Bertz CT molecular complexity index is 280. The molecule has 1 N–H and O–H groups in total. The van der Waals surface area contributed by atoms with Crippen molar-refractivity contribution in [3.05, 3.63) is 11.8 Å². The molecule has 4 nitrogen and oxygen atoms in total. The molecule has 84 valence electrons. The number of hydrogen-bond donors (Lipinski definition) is 1. The van der Waals surface area contributed by atoms with Crippen LogP contribution in [0.4, 0.5) is 0 Å². The van der Waals surface area contributed by atoms with Crippen molar-refractivity contribution < 1.29 is 9.59 Å². The fourth-order valence-electron chi connectivity index (χ4n) is 1.61. The normalized spacial score (nSPS) is 15.1. The van der Waals surface area contributed by atoms with Gasteiger partial charge in [0.2, 0.25) is 5.91 Å². The summed E-state index contributed by atoms with van der Waals surface area (Å²) in [5.74, 6) is 0.230. The highest BCUT2D eigenvalue weighted by Crippen LogP contribution is 2.11. The molecule has 0 aromatic heterocycles. The maximum atomic E-state index is 11.6. The first-order chi connectivity index (χ1) is 7.17. The smallest absolute Gasteiger partial charge is 0.241 e. The number of likely N-dealkylation sites (N-methyl/N-ethyl adjacent to an activating group) is 1. The summed E-state index contributed by atoms with van der Waals surface area (Å²) < 4.78 is 0. The predicted molar refractivity (Wildman–Crippen MR) is 58.3 cm³/mol. The first-order valence-corrected chi connectivity index (χ1v) is 5.42. The van der Waals surface area contributed by atoms with Crippen molar-refractivity contribution in [3.63, 3.8) is 0 Å². The lowest BCUT2D eigenvalue weighted by Crippen LogP contribution is -2.37. The third kappa shape index (κ3) is 3.38. The molecular weight excluding hydrogens is 192 g/mol. The first-order valence-electron chi connectivity index (χ1n) is 5.42. The Labute approximate surface area is 90.3 Å². The number of hydrogen-bond acceptors (Lipinski definition) is 3. The van der Waals surface area contributed by atoms with Crippen LogP contribution in [-0.2, 0) is 9.59 Å². The van der Waals surface area contributed by atoms with Crippen LogP contribution in [-0.4, -0.2) is 36.2 Å². The first kappa shape index (κ1) is 11.8. The number of allylic oxidation sites excluding steroid dienone is 2. The minimum atomic E-state index is 0.0836. The molecule has 0 spiro atoms. The van der Waals surface area contributed by atoms with Gasteiger partial charge in [-0.15, -0.1) is 0 Å². The second kappa shape index (κ2) is 5.53. The lowest BCUT2D eigenvalue weighted by molar-refractivity contribution is -0.129. The fraction of sp³-hybridized carbons (Fsp3) is 0.636. The zero-order valence-corrected chi connectivity index (χ0v) is 9.38. The van der Waals surface area contributed by atoms with E-state index in [4.69, 9.17) is 0 Å². The summed E-state index contributed by atoms with van der Waals surface area (Å²) in [6, 6.07) is 0. The summed E-state index contributed by atoms with van der Waals surface area (Å²) in [7, 11) is 0. The molecule has 0 aliphatic heterocycles. The van der Waals surface area contributed by atoms with E-state index in [9.17, 15) is 9.59 Å². The Balaban J connectivity index is 2.33. The van der Waals surface area contributed by atoms with Gasteiger partial charge < -0.3 is 10.2 Å². The quantitative estimate of drug-likeness (QED) is 0.726. The van der Waals surface area contributed by atoms with Crippen molar-refractivity contribution in [2.75, 3.05) is 19.6 Å². The topological polar surface area (TPSA) is 49.4 Å². The van der Waals surface area contributed by atoms with Crippen LogP contribution in [0.25, 0.3) is 0 Å². The molecule has 0 saturated carbocycles. The number of amides is 1. The minimum absolute atomic E-state index is 0.0836. The monoisotopic (exact) mass is 210 g/mol. The third-order valence-electron chi connectivity index (χ3n) is 2.56. The highest BCUT2D eigenvalue weighted by molar-refractivity contribution is 5.93. The molecule has 0 saturated heterocycles. The van der Waals surface area contributed by atoms with Gasteiger partial charge in [0.15, 0.2) is 5.78 Å². The molecule has 0 unspecified atom stereocenters. The number of ketones is 1. The van der Waals surface area contributed by atoms with Gasteiger partial charge in [-0.2, -0.15) is 0 Å². The summed E-state index contributed by atoms with van der Waals surface area (Å²) in [5, 5.41) is 3.01. The van der Waals surface area contributed by atoms with E-state index in [1.165, 1.54) is 0 Å². The van der Waals surface area contributed by atoms with Gasteiger partial charge in [0.1, 0.15) is 0 Å². The average Bonchev–Trinajstić information content (AvgIpc) is 2.63. The van der Waals surface area contributed by atoms with Crippen LogP contribution in [0.1, 0.15) is 26.7 Å². The Morgan fingerprint density at radius 3 is 2.53 bits per heavy atom. The number of carbonyl (C=O) groups is 2. The third-order valence-corrected chi connectivity index (χ3v) is 2.56. The van der Waals surface area contributed by atoms with Crippen LogP contribution in [0, 0.1) is 0 Å². The minimum Gasteiger partial charge on any atom is -0.379 e. The van der Waals surface area contributed by atoms with Crippen LogP contribution in [0.15, 0.2) is 11.8 Å². The molecule has 0 radical (unpaired) electrons. The fourth-order valence-corrected chi connectivity index (χ4v) is 1.61. The molecule has 1 aliphatic carbocycles. The number of nitrogens with zero attached hydrogens (tertiary/aromatic N) is 1. The Morgan fingerprint density at radius 1 is 1.40 bits per heavy atom. The van der Waals surface area contributed by atoms with Gasteiger partial charge in [-0.25, -0.2) is 0 Å². The van der Waals surface area contributed by atoms with E-state index in [1.807, 2.05) is 13.8 Å². The standard InChI is InChI=1S/C11H18N2O2/c1-3-13(4-2)11(15)8-12-9-5-6-10(14)7-9/h7,12H,3-6,8H2,1-2H3. The number of carbonyl (C=O) groups excluding carboxylic acids is 2. The lowest BCUT2D eigenvalue weighted by atomic mass is 10.3. The zero-order chi connectivity index (χ0) is 11.3. The summed E-state index contributed by atoms with van der Waals surface area (Å²) in [6.45, 7) is 5.67. The maximum absolute atomic E-state index is 11.6. The Kier molecular flexibility index (Phi) is 4.34. The summed E-state index contributed by atoms with van der Waals surface area (Å²) in [4.78, 5) is 24.3. The predicted octanol–water partition coefficient (Wildman–Crippen LogP) is 0.691. The highest BCUT2D eigenvalue weighted by Gasteiger charge is 2.14. The van der Waals surface area contributed by atoms with E-state index in [0.717, 1.165) is 25.2 Å². The second-order valence-corrected chi connectivity index (χ2v) is 3.56. The molecule has 1 rings (SSSR count). The number of rotatable bonds is 5. The van der Waals surface area contributed by atoms with Crippen molar-refractivity contribution >= 4 is 11.7 Å². The SMILES string of the molecule is CCN(CC)C(=O)CNC1=CC(=O)CC1. The summed E-state index contributed by atoms with van der Waals surface area (Å²) >= 11 is 0. The van der Waals surface area contributed by atoms with Crippen molar-refractivity contribution in [1.29, 1.82) is 0 Å². The number of nitrogens with one attached hydrogen (secondary N) is 1. The van der Waals surface area contributed by atoms with Crippen LogP contribution >= 0.6 is 0 Å². The zero-order valence-electron chi connectivity index (χ0n) is 9.38. The van der Waals surface area contributed by atoms with Crippen molar-refractivity contribution in [3.8, 4) is 0 Å². The van der Waals surface area contributed by atoms with Crippen molar-refractivity contribution in [1.82, 2.24) is 10.2 Å². The molecule has 1 amide bonds.